The van der Waals surface area contributed by atoms with Gasteiger partial charge in [-0.25, -0.2) is 4.79 Å². The fraction of sp³-hybridized carbons (Fsp3) is 0.154. The number of hydrogen-bond acceptors (Lipinski definition) is 4. The van der Waals surface area contributed by atoms with E-state index < -0.39 is 5.97 Å². The van der Waals surface area contributed by atoms with Crippen LogP contribution < -0.4 is 4.90 Å². The molecule has 2 rings (SSSR count). The molecule has 0 fully saturated rings. The Morgan fingerprint density at radius 1 is 1.28 bits per heavy atom. The van der Waals surface area contributed by atoms with Crippen LogP contribution in [0.15, 0.2) is 42.6 Å². The van der Waals surface area contributed by atoms with Crippen molar-refractivity contribution in [2.75, 3.05) is 11.4 Å². The summed E-state index contributed by atoms with van der Waals surface area (Å²) in [7, 11) is 0. The van der Waals surface area contributed by atoms with E-state index in [1.807, 2.05) is 42.2 Å². The highest BCUT2D eigenvalue weighted by Gasteiger charge is 2.17. The van der Waals surface area contributed by atoms with Gasteiger partial charge in [-0.1, -0.05) is 18.2 Å². The van der Waals surface area contributed by atoms with Crippen molar-refractivity contribution in [3.05, 3.63) is 48.2 Å². The zero-order valence-electron chi connectivity index (χ0n) is 9.95. The maximum absolute atomic E-state index is 11.2. The predicted octanol–water partition coefficient (Wildman–Crippen LogP) is 2.33. The molecule has 0 aliphatic carbocycles. The molecular formula is C13H13N3O2. The van der Waals surface area contributed by atoms with E-state index in [2.05, 4.69) is 10.2 Å². The molecule has 1 heterocycles. The number of aromatic nitrogens is 2. The maximum atomic E-state index is 11.2. The van der Waals surface area contributed by atoms with Crippen molar-refractivity contribution in [2.24, 2.45) is 0 Å². The van der Waals surface area contributed by atoms with Gasteiger partial charge in [-0.3, -0.25) is 0 Å². The van der Waals surface area contributed by atoms with Gasteiger partial charge in [0.15, 0.2) is 5.82 Å². The first-order valence-electron chi connectivity index (χ1n) is 5.61. The second-order valence-electron chi connectivity index (χ2n) is 3.65. The molecule has 0 saturated carbocycles. The summed E-state index contributed by atoms with van der Waals surface area (Å²) in [5.74, 6) is -0.645. The molecule has 0 bridgehead atoms. The minimum Gasteiger partial charge on any atom is -0.478 e. The van der Waals surface area contributed by atoms with Gasteiger partial charge in [-0.15, -0.1) is 5.10 Å². The number of para-hydroxylation sites is 1. The second kappa shape index (κ2) is 5.27. The molecular weight excluding hydrogens is 230 g/mol. The molecule has 5 nitrogen and oxygen atoms in total. The van der Waals surface area contributed by atoms with E-state index in [1.54, 1.807) is 0 Å². The van der Waals surface area contributed by atoms with Crippen LogP contribution in [0, 0.1) is 0 Å². The summed E-state index contributed by atoms with van der Waals surface area (Å²) in [6.07, 6.45) is 1.38. The number of benzene rings is 1. The van der Waals surface area contributed by atoms with Crippen molar-refractivity contribution < 1.29 is 9.90 Å². The number of anilines is 2. The third kappa shape index (κ3) is 2.29. The fourth-order valence-corrected chi connectivity index (χ4v) is 1.75. The molecule has 1 aromatic heterocycles. The first-order valence-corrected chi connectivity index (χ1v) is 5.61. The lowest BCUT2D eigenvalue weighted by molar-refractivity contribution is 0.0697. The van der Waals surface area contributed by atoms with Gasteiger partial charge in [0.1, 0.15) is 5.56 Å². The Labute approximate surface area is 105 Å². The summed E-state index contributed by atoms with van der Waals surface area (Å²) in [5.41, 5.74) is 1.04. The Bertz CT molecular complexity index is 543. The molecule has 0 spiro atoms. The quantitative estimate of drug-likeness (QED) is 0.892. The van der Waals surface area contributed by atoms with Gasteiger partial charge in [0.05, 0.1) is 6.20 Å². The third-order valence-electron chi connectivity index (χ3n) is 2.57. The Morgan fingerprint density at radius 2 is 2.00 bits per heavy atom. The van der Waals surface area contributed by atoms with E-state index in [1.165, 1.54) is 12.3 Å². The van der Waals surface area contributed by atoms with Gasteiger partial charge in [-0.2, -0.15) is 5.10 Å². The van der Waals surface area contributed by atoms with Crippen molar-refractivity contribution >= 4 is 17.5 Å². The number of carboxylic acids is 1. The molecule has 0 aliphatic rings. The van der Waals surface area contributed by atoms with Gasteiger partial charge in [0.25, 0.3) is 0 Å². The smallest absolute Gasteiger partial charge is 0.339 e. The number of hydrogen-bond donors (Lipinski definition) is 1. The van der Waals surface area contributed by atoms with Crippen molar-refractivity contribution in [1.29, 1.82) is 0 Å². The fourth-order valence-electron chi connectivity index (χ4n) is 1.75. The summed E-state index contributed by atoms with van der Waals surface area (Å²) in [4.78, 5) is 13.0. The highest BCUT2D eigenvalue weighted by molar-refractivity contribution is 5.94. The normalized spacial score (nSPS) is 10.1. The van der Waals surface area contributed by atoms with Gasteiger partial charge >= 0.3 is 5.97 Å². The van der Waals surface area contributed by atoms with Crippen molar-refractivity contribution in [3.63, 3.8) is 0 Å². The number of rotatable bonds is 4. The van der Waals surface area contributed by atoms with Crippen LogP contribution in [0.1, 0.15) is 17.3 Å². The van der Waals surface area contributed by atoms with E-state index in [4.69, 9.17) is 5.11 Å². The minimum absolute atomic E-state index is 0.149. The summed E-state index contributed by atoms with van der Waals surface area (Å²) >= 11 is 0. The Morgan fingerprint density at radius 3 is 2.61 bits per heavy atom. The average molecular weight is 243 g/mol. The zero-order valence-corrected chi connectivity index (χ0v) is 9.95. The number of aromatic carboxylic acids is 1. The number of carboxylic acid groups (broad SMARTS) is 1. The van der Waals surface area contributed by atoms with Crippen LogP contribution >= 0.6 is 0 Å². The molecule has 0 unspecified atom stereocenters. The lowest BCUT2D eigenvalue weighted by Crippen LogP contribution is -2.21. The molecule has 0 aliphatic heterocycles. The van der Waals surface area contributed by atoms with Crippen LogP contribution in [0.4, 0.5) is 11.5 Å². The zero-order chi connectivity index (χ0) is 13.0. The van der Waals surface area contributed by atoms with Crippen LogP contribution in [0.2, 0.25) is 0 Å². The third-order valence-corrected chi connectivity index (χ3v) is 2.57. The molecule has 1 aromatic carbocycles. The molecule has 0 radical (unpaired) electrons. The van der Waals surface area contributed by atoms with E-state index in [0.29, 0.717) is 12.4 Å². The van der Waals surface area contributed by atoms with Crippen LogP contribution in [0.5, 0.6) is 0 Å². The first-order chi connectivity index (χ1) is 8.74. The van der Waals surface area contributed by atoms with Crippen LogP contribution in [0.25, 0.3) is 0 Å². The van der Waals surface area contributed by atoms with E-state index in [0.717, 1.165) is 5.69 Å². The SMILES string of the molecule is CCN(c1ccccc1)c1nnccc1C(=O)O. The van der Waals surface area contributed by atoms with Crippen LogP contribution in [0.3, 0.4) is 0 Å². The molecule has 2 aromatic rings. The number of carbonyl (C=O) groups is 1. The van der Waals surface area contributed by atoms with Crippen molar-refractivity contribution in [1.82, 2.24) is 10.2 Å². The average Bonchev–Trinajstić information content (AvgIpc) is 2.41. The van der Waals surface area contributed by atoms with Crippen LogP contribution in [-0.4, -0.2) is 27.8 Å². The molecule has 0 saturated heterocycles. The van der Waals surface area contributed by atoms with Gasteiger partial charge in [0, 0.05) is 12.2 Å². The largest absolute Gasteiger partial charge is 0.478 e. The highest BCUT2D eigenvalue weighted by atomic mass is 16.4. The van der Waals surface area contributed by atoms with Crippen molar-refractivity contribution in [3.8, 4) is 0 Å². The van der Waals surface area contributed by atoms with Crippen molar-refractivity contribution in [2.45, 2.75) is 6.92 Å². The summed E-state index contributed by atoms with van der Waals surface area (Å²) in [5, 5.41) is 16.9. The lowest BCUT2D eigenvalue weighted by Gasteiger charge is -2.22. The standard InChI is InChI=1S/C13H13N3O2/c1-2-16(10-6-4-3-5-7-10)12-11(13(17)18)8-9-14-15-12/h3-9H,2H2,1H3,(H,17,18). The highest BCUT2D eigenvalue weighted by Crippen LogP contribution is 2.25. The topological polar surface area (TPSA) is 66.3 Å². The van der Waals surface area contributed by atoms with Gasteiger partial charge in [-0.05, 0) is 25.1 Å². The summed E-state index contributed by atoms with van der Waals surface area (Å²) in [6.45, 7) is 2.55. The van der Waals surface area contributed by atoms with Gasteiger partial charge < -0.3 is 10.0 Å². The molecule has 0 amide bonds. The first kappa shape index (κ1) is 12.0. The lowest BCUT2D eigenvalue weighted by atomic mass is 10.2. The predicted molar refractivity (Wildman–Crippen MR) is 68.1 cm³/mol. The van der Waals surface area contributed by atoms with E-state index in [9.17, 15) is 4.79 Å². The maximum Gasteiger partial charge on any atom is 0.339 e. The number of nitrogens with zero attached hydrogens (tertiary/aromatic N) is 3. The van der Waals surface area contributed by atoms with Crippen LogP contribution in [-0.2, 0) is 0 Å². The summed E-state index contributed by atoms with van der Waals surface area (Å²) < 4.78 is 0. The van der Waals surface area contributed by atoms with E-state index >= 15 is 0 Å². The molecule has 92 valence electrons. The second-order valence-corrected chi connectivity index (χ2v) is 3.65. The Hall–Kier alpha value is -2.43. The Balaban J connectivity index is 2.49. The Kier molecular flexibility index (Phi) is 3.52. The minimum atomic E-state index is -1.01. The van der Waals surface area contributed by atoms with Gasteiger partial charge in [0.2, 0.25) is 0 Å². The monoisotopic (exact) mass is 243 g/mol. The summed E-state index contributed by atoms with van der Waals surface area (Å²) in [6, 6.07) is 11.0. The molecule has 0 atom stereocenters. The molecule has 5 heteroatoms. The molecule has 1 N–H and O–H groups in total. The van der Waals surface area contributed by atoms with E-state index in [-0.39, 0.29) is 5.56 Å². The molecule has 18 heavy (non-hydrogen) atoms.